The van der Waals surface area contributed by atoms with E-state index in [0.717, 1.165) is 51.9 Å². The summed E-state index contributed by atoms with van der Waals surface area (Å²) in [6.45, 7) is 3.16. The number of fused-ring (bicyclic) bond motifs is 3. The number of carbonyl (C=O) groups is 1. The molecular formula is C21H24N2O2S. The van der Waals surface area contributed by atoms with E-state index in [-0.39, 0.29) is 17.6 Å². The van der Waals surface area contributed by atoms with E-state index in [1.54, 1.807) is 0 Å². The highest BCUT2D eigenvalue weighted by Gasteiger charge is 2.43. The third kappa shape index (κ3) is 2.70. The molecule has 0 saturated carbocycles. The second-order valence-electron chi connectivity index (χ2n) is 7.58. The molecule has 1 atom stereocenters. The average molecular weight is 369 g/mol. The zero-order chi connectivity index (χ0) is 17.6. The summed E-state index contributed by atoms with van der Waals surface area (Å²) in [5.41, 5.74) is 3.84. The number of ether oxygens (including phenoxy) is 1. The second-order valence-corrected chi connectivity index (χ2v) is 8.58. The Kier molecular flexibility index (Phi) is 4.11. The first-order chi connectivity index (χ1) is 12.8. The number of thiophene rings is 1. The van der Waals surface area contributed by atoms with Gasteiger partial charge in [-0.2, -0.15) is 0 Å². The second kappa shape index (κ2) is 6.48. The molecule has 1 fully saturated rings. The number of piperidine rings is 1. The van der Waals surface area contributed by atoms with Crippen LogP contribution in [0.4, 0.5) is 0 Å². The maximum Gasteiger partial charge on any atom is 0.240 e. The molecule has 5 heteroatoms. The summed E-state index contributed by atoms with van der Waals surface area (Å²) in [6, 6.07) is 10.6. The first-order valence-electron chi connectivity index (χ1n) is 9.55. The van der Waals surface area contributed by atoms with E-state index < -0.39 is 0 Å². The van der Waals surface area contributed by atoms with Crippen LogP contribution in [0.1, 0.15) is 34.4 Å². The molecule has 1 aromatic carbocycles. The fourth-order valence-corrected chi connectivity index (χ4v) is 5.66. The number of carbonyl (C=O) groups excluding carboxylic acids is 1. The molecule has 5 rings (SSSR count). The van der Waals surface area contributed by atoms with Crippen molar-refractivity contribution in [3.63, 3.8) is 0 Å². The summed E-state index contributed by atoms with van der Waals surface area (Å²) in [5, 5.41) is 5.62. The SMILES string of the molecule is O=C([C@H]1Cc2ccccc2CN1)N1CCC2(CC1)OCCc1sccc12. The summed E-state index contributed by atoms with van der Waals surface area (Å²) in [5.74, 6) is 0.246. The van der Waals surface area contributed by atoms with Gasteiger partial charge in [-0.25, -0.2) is 0 Å². The van der Waals surface area contributed by atoms with Gasteiger partial charge in [0.1, 0.15) is 0 Å². The first-order valence-corrected chi connectivity index (χ1v) is 10.4. The van der Waals surface area contributed by atoms with Crippen molar-refractivity contribution >= 4 is 17.2 Å². The van der Waals surface area contributed by atoms with Crippen molar-refractivity contribution in [1.29, 1.82) is 0 Å². The summed E-state index contributed by atoms with van der Waals surface area (Å²) in [4.78, 5) is 16.6. The molecular weight excluding hydrogens is 344 g/mol. The predicted molar refractivity (Wildman–Crippen MR) is 102 cm³/mol. The van der Waals surface area contributed by atoms with E-state index >= 15 is 0 Å². The highest BCUT2D eigenvalue weighted by Crippen LogP contribution is 2.43. The molecule has 1 spiro atoms. The minimum absolute atomic E-state index is 0.0945. The summed E-state index contributed by atoms with van der Waals surface area (Å²) < 4.78 is 6.26. The maximum atomic E-state index is 13.1. The lowest BCUT2D eigenvalue weighted by molar-refractivity contribution is -0.142. The molecule has 0 aliphatic carbocycles. The number of rotatable bonds is 1. The van der Waals surface area contributed by atoms with Crippen LogP contribution in [0.15, 0.2) is 35.7 Å². The van der Waals surface area contributed by atoms with Gasteiger partial charge in [-0.15, -0.1) is 11.3 Å². The van der Waals surface area contributed by atoms with Crippen molar-refractivity contribution < 1.29 is 9.53 Å². The van der Waals surface area contributed by atoms with Gasteiger partial charge in [-0.3, -0.25) is 4.79 Å². The number of nitrogens with one attached hydrogen (secondary N) is 1. The molecule has 0 unspecified atom stereocenters. The first kappa shape index (κ1) is 16.5. The van der Waals surface area contributed by atoms with Gasteiger partial charge in [0, 0.05) is 30.9 Å². The third-order valence-electron chi connectivity index (χ3n) is 6.21. The van der Waals surface area contributed by atoms with Crippen LogP contribution in [0.5, 0.6) is 0 Å². The largest absolute Gasteiger partial charge is 0.370 e. The van der Waals surface area contributed by atoms with Gasteiger partial charge in [-0.05, 0) is 47.4 Å². The molecule has 136 valence electrons. The molecule has 1 saturated heterocycles. The normalized spacial score (nSPS) is 24.2. The van der Waals surface area contributed by atoms with E-state index in [9.17, 15) is 4.79 Å². The predicted octanol–water partition coefficient (Wildman–Crippen LogP) is 2.85. The smallest absolute Gasteiger partial charge is 0.240 e. The van der Waals surface area contributed by atoms with E-state index in [0.29, 0.717) is 0 Å². The van der Waals surface area contributed by atoms with E-state index in [4.69, 9.17) is 4.74 Å². The van der Waals surface area contributed by atoms with Crippen molar-refractivity contribution in [2.45, 2.75) is 43.9 Å². The molecule has 1 aromatic heterocycles. The molecule has 1 N–H and O–H groups in total. The van der Waals surface area contributed by atoms with Crippen molar-refractivity contribution in [2.75, 3.05) is 19.7 Å². The van der Waals surface area contributed by atoms with Crippen LogP contribution >= 0.6 is 11.3 Å². The Labute approximate surface area is 158 Å². The third-order valence-corrected chi connectivity index (χ3v) is 7.19. The number of nitrogens with zero attached hydrogens (tertiary/aromatic N) is 1. The number of amides is 1. The lowest BCUT2D eigenvalue weighted by atomic mass is 9.82. The van der Waals surface area contributed by atoms with Gasteiger partial charge in [0.25, 0.3) is 0 Å². The summed E-state index contributed by atoms with van der Waals surface area (Å²) in [7, 11) is 0. The van der Waals surface area contributed by atoms with Gasteiger partial charge >= 0.3 is 0 Å². The highest BCUT2D eigenvalue weighted by molar-refractivity contribution is 7.10. The molecule has 2 aromatic rings. The Morgan fingerprint density at radius 3 is 2.85 bits per heavy atom. The zero-order valence-electron chi connectivity index (χ0n) is 14.9. The summed E-state index contributed by atoms with van der Waals surface area (Å²) >= 11 is 1.85. The van der Waals surface area contributed by atoms with E-state index in [1.165, 1.54) is 21.6 Å². The average Bonchev–Trinajstić information content (AvgIpc) is 3.18. The molecule has 0 bridgehead atoms. The van der Waals surface area contributed by atoms with Crippen molar-refractivity contribution in [3.05, 3.63) is 57.3 Å². The molecule has 4 nitrogen and oxygen atoms in total. The minimum Gasteiger partial charge on any atom is -0.370 e. The van der Waals surface area contributed by atoms with Crippen molar-refractivity contribution in [1.82, 2.24) is 10.2 Å². The van der Waals surface area contributed by atoms with Crippen LogP contribution < -0.4 is 5.32 Å². The molecule has 26 heavy (non-hydrogen) atoms. The fraction of sp³-hybridized carbons (Fsp3) is 0.476. The lowest BCUT2D eigenvalue weighted by Crippen LogP contribution is -2.54. The van der Waals surface area contributed by atoms with Crippen LogP contribution in [-0.4, -0.2) is 36.5 Å². The standard InChI is InChI=1S/C21H24N2O2S/c24-20(18-13-15-3-1-2-4-16(15)14-22-18)23-9-7-21(8-10-23)17-6-12-26-19(17)5-11-25-21/h1-4,6,12,18,22H,5,7-11,13-14H2/t18-/m1/s1. The van der Waals surface area contributed by atoms with Crippen molar-refractivity contribution in [2.24, 2.45) is 0 Å². The van der Waals surface area contributed by atoms with Gasteiger partial charge in [-0.1, -0.05) is 24.3 Å². The number of hydrogen-bond acceptors (Lipinski definition) is 4. The highest BCUT2D eigenvalue weighted by atomic mass is 32.1. The monoisotopic (exact) mass is 368 g/mol. The van der Waals surface area contributed by atoms with E-state index in [2.05, 4.69) is 41.0 Å². The Bertz CT molecular complexity index is 823. The Morgan fingerprint density at radius 1 is 1.19 bits per heavy atom. The van der Waals surface area contributed by atoms with Crippen LogP contribution in [0.25, 0.3) is 0 Å². The quantitative estimate of drug-likeness (QED) is 0.842. The molecule has 4 heterocycles. The van der Waals surface area contributed by atoms with E-state index in [1.807, 2.05) is 16.2 Å². The van der Waals surface area contributed by atoms with Gasteiger partial charge in [0.2, 0.25) is 5.91 Å². The molecule has 3 aliphatic rings. The molecule has 1 amide bonds. The van der Waals surface area contributed by atoms with Gasteiger partial charge in [0.15, 0.2) is 0 Å². The lowest BCUT2D eigenvalue weighted by Gasteiger charge is -2.45. The number of hydrogen-bond donors (Lipinski definition) is 1. The number of benzene rings is 1. The zero-order valence-corrected chi connectivity index (χ0v) is 15.7. The van der Waals surface area contributed by atoms with Crippen LogP contribution in [0.2, 0.25) is 0 Å². The van der Waals surface area contributed by atoms with Crippen LogP contribution in [-0.2, 0) is 34.5 Å². The topological polar surface area (TPSA) is 41.6 Å². The number of likely N-dealkylation sites (tertiary alicyclic amines) is 1. The van der Waals surface area contributed by atoms with Crippen LogP contribution in [0.3, 0.4) is 0 Å². The Balaban J connectivity index is 1.27. The van der Waals surface area contributed by atoms with Gasteiger partial charge in [0.05, 0.1) is 18.2 Å². The maximum absolute atomic E-state index is 13.1. The van der Waals surface area contributed by atoms with Crippen molar-refractivity contribution in [3.8, 4) is 0 Å². The minimum atomic E-state index is -0.156. The molecule has 3 aliphatic heterocycles. The fourth-order valence-electron chi connectivity index (χ4n) is 4.71. The Morgan fingerprint density at radius 2 is 2.00 bits per heavy atom. The van der Waals surface area contributed by atoms with Crippen LogP contribution in [0, 0.1) is 0 Å². The molecule has 0 radical (unpaired) electrons. The Hall–Kier alpha value is -1.69. The van der Waals surface area contributed by atoms with Gasteiger partial charge < -0.3 is 15.0 Å². The summed E-state index contributed by atoms with van der Waals surface area (Å²) in [6.07, 6.45) is 3.64.